The topological polar surface area (TPSA) is 73.0 Å². The number of aromatic nitrogens is 3. The molecule has 28 heavy (non-hydrogen) atoms. The SMILES string of the molecule is CSc1nc2n(n1)[C@@H](c1ccc(Cl)cc1)C1=C(C[C@H](c3ccco3)CC1=O)N2. The smallest absolute Gasteiger partial charge is 0.227 e. The van der Waals surface area contributed by atoms with Crippen LogP contribution in [0.25, 0.3) is 0 Å². The van der Waals surface area contributed by atoms with E-state index in [9.17, 15) is 4.79 Å². The number of allylic oxidation sites excluding steroid dienone is 2. The number of benzene rings is 1. The Bertz CT molecular complexity index is 1070. The molecule has 2 aromatic heterocycles. The predicted molar refractivity (Wildman–Crippen MR) is 108 cm³/mol. The van der Waals surface area contributed by atoms with E-state index in [1.807, 2.05) is 42.7 Å². The van der Waals surface area contributed by atoms with Crippen molar-refractivity contribution in [2.24, 2.45) is 0 Å². The van der Waals surface area contributed by atoms with Crippen molar-refractivity contribution in [3.8, 4) is 0 Å². The first-order valence-corrected chi connectivity index (χ1v) is 10.6. The summed E-state index contributed by atoms with van der Waals surface area (Å²) in [5.74, 6) is 1.61. The Morgan fingerprint density at radius 3 is 2.79 bits per heavy atom. The van der Waals surface area contributed by atoms with E-state index >= 15 is 0 Å². The van der Waals surface area contributed by atoms with Gasteiger partial charge in [0.25, 0.3) is 0 Å². The van der Waals surface area contributed by atoms with E-state index in [4.69, 9.17) is 16.0 Å². The molecule has 0 saturated heterocycles. The summed E-state index contributed by atoms with van der Waals surface area (Å²) in [4.78, 5) is 17.8. The average Bonchev–Trinajstić information content (AvgIpc) is 3.36. The van der Waals surface area contributed by atoms with Gasteiger partial charge in [0, 0.05) is 28.6 Å². The van der Waals surface area contributed by atoms with E-state index in [1.165, 1.54) is 11.8 Å². The first-order chi connectivity index (χ1) is 13.6. The molecule has 142 valence electrons. The van der Waals surface area contributed by atoms with E-state index in [0.29, 0.717) is 29.0 Å². The van der Waals surface area contributed by atoms with Crippen LogP contribution in [0.1, 0.15) is 36.1 Å². The van der Waals surface area contributed by atoms with E-state index in [1.54, 1.807) is 10.9 Å². The Morgan fingerprint density at radius 1 is 1.25 bits per heavy atom. The quantitative estimate of drug-likeness (QED) is 0.630. The van der Waals surface area contributed by atoms with Crippen LogP contribution in [0.3, 0.4) is 0 Å². The van der Waals surface area contributed by atoms with Crippen molar-refractivity contribution >= 4 is 35.1 Å². The maximum Gasteiger partial charge on any atom is 0.227 e. The van der Waals surface area contributed by atoms with E-state index in [-0.39, 0.29) is 17.7 Å². The average molecular weight is 413 g/mol. The van der Waals surface area contributed by atoms with Crippen LogP contribution in [0.5, 0.6) is 0 Å². The molecular weight excluding hydrogens is 396 g/mol. The Kier molecular flexibility index (Phi) is 4.29. The lowest BCUT2D eigenvalue weighted by Crippen LogP contribution is -2.33. The molecule has 0 radical (unpaired) electrons. The number of hydrogen-bond acceptors (Lipinski definition) is 6. The first kappa shape index (κ1) is 17.6. The molecule has 0 bridgehead atoms. The highest BCUT2D eigenvalue weighted by Crippen LogP contribution is 2.44. The molecule has 0 amide bonds. The second-order valence-electron chi connectivity index (χ2n) is 6.88. The molecule has 1 aliphatic heterocycles. The summed E-state index contributed by atoms with van der Waals surface area (Å²) >= 11 is 7.55. The third kappa shape index (κ3) is 2.86. The van der Waals surface area contributed by atoms with Gasteiger partial charge in [-0.05, 0) is 42.5 Å². The molecule has 1 N–H and O–H groups in total. The zero-order valence-corrected chi connectivity index (χ0v) is 16.6. The number of carbonyl (C=O) groups excluding carboxylic acids is 1. The number of thioether (sulfide) groups is 1. The fraction of sp³-hybridized carbons (Fsp3) is 0.250. The van der Waals surface area contributed by atoms with Crippen LogP contribution in [0, 0.1) is 0 Å². The number of halogens is 1. The van der Waals surface area contributed by atoms with Crippen molar-refractivity contribution in [2.45, 2.75) is 30.0 Å². The number of nitrogens with one attached hydrogen (secondary N) is 1. The molecule has 3 heterocycles. The number of hydrogen-bond donors (Lipinski definition) is 1. The van der Waals surface area contributed by atoms with Crippen LogP contribution in [0.4, 0.5) is 5.95 Å². The number of nitrogens with zero attached hydrogens (tertiary/aromatic N) is 3. The number of Topliss-reactive ketones (excluding diaryl/α,β-unsaturated/α-hetero) is 1. The second-order valence-corrected chi connectivity index (χ2v) is 8.09. The van der Waals surface area contributed by atoms with Crippen LogP contribution in [-0.2, 0) is 4.79 Å². The van der Waals surface area contributed by atoms with Crippen molar-refractivity contribution in [1.82, 2.24) is 14.8 Å². The normalized spacial score (nSPS) is 21.3. The van der Waals surface area contributed by atoms with Gasteiger partial charge in [-0.3, -0.25) is 4.79 Å². The minimum atomic E-state index is -0.318. The lowest BCUT2D eigenvalue weighted by atomic mass is 9.79. The molecule has 2 aliphatic rings. The highest BCUT2D eigenvalue weighted by Gasteiger charge is 2.40. The Labute approximate surface area is 171 Å². The zero-order chi connectivity index (χ0) is 19.3. The summed E-state index contributed by atoms with van der Waals surface area (Å²) in [5.41, 5.74) is 2.60. The molecule has 3 aromatic rings. The lowest BCUT2D eigenvalue weighted by Gasteiger charge is -2.34. The predicted octanol–water partition coefficient (Wildman–Crippen LogP) is 4.66. The molecule has 0 saturated carbocycles. The van der Waals surface area contributed by atoms with Gasteiger partial charge in [-0.1, -0.05) is 35.5 Å². The van der Waals surface area contributed by atoms with E-state index in [0.717, 1.165) is 22.6 Å². The molecule has 0 spiro atoms. The zero-order valence-electron chi connectivity index (χ0n) is 15.1. The maximum atomic E-state index is 13.2. The van der Waals surface area contributed by atoms with Gasteiger partial charge in [-0.2, -0.15) is 4.98 Å². The monoisotopic (exact) mass is 412 g/mol. The van der Waals surface area contributed by atoms with Gasteiger partial charge in [-0.15, -0.1) is 5.10 Å². The molecule has 2 atom stereocenters. The minimum absolute atomic E-state index is 0.0223. The van der Waals surface area contributed by atoms with Crippen molar-refractivity contribution in [1.29, 1.82) is 0 Å². The van der Waals surface area contributed by atoms with Gasteiger partial charge < -0.3 is 9.73 Å². The van der Waals surface area contributed by atoms with Crippen molar-refractivity contribution < 1.29 is 9.21 Å². The Hall–Kier alpha value is -2.51. The molecule has 1 aliphatic carbocycles. The van der Waals surface area contributed by atoms with Gasteiger partial charge >= 0.3 is 0 Å². The number of ketones is 1. The van der Waals surface area contributed by atoms with Gasteiger partial charge in [0.2, 0.25) is 11.1 Å². The highest BCUT2D eigenvalue weighted by molar-refractivity contribution is 7.98. The number of fused-ring (bicyclic) bond motifs is 1. The molecule has 8 heteroatoms. The number of anilines is 1. The van der Waals surface area contributed by atoms with Crippen LogP contribution < -0.4 is 5.32 Å². The van der Waals surface area contributed by atoms with Crippen LogP contribution >= 0.6 is 23.4 Å². The van der Waals surface area contributed by atoms with Crippen molar-refractivity contribution in [2.75, 3.05) is 11.6 Å². The largest absolute Gasteiger partial charge is 0.469 e. The first-order valence-electron chi connectivity index (χ1n) is 8.96. The molecule has 0 unspecified atom stereocenters. The third-order valence-corrected chi connectivity index (χ3v) is 6.00. The standard InChI is InChI=1S/C20H17ClN4O2S/c1-28-20-23-19-22-14-9-12(16-3-2-8-27-16)10-15(26)17(14)18(25(19)24-20)11-4-6-13(21)7-5-11/h2-8,12,18H,9-10H2,1H3,(H,22,23,24)/t12-,18-/m0/s1. The van der Waals surface area contributed by atoms with E-state index in [2.05, 4.69) is 15.4 Å². The molecule has 0 fully saturated rings. The Morgan fingerprint density at radius 2 is 2.07 bits per heavy atom. The maximum absolute atomic E-state index is 13.2. The summed E-state index contributed by atoms with van der Waals surface area (Å²) in [6, 6.07) is 11.0. The number of carbonyl (C=O) groups is 1. The van der Waals surface area contributed by atoms with Crippen LogP contribution in [-0.4, -0.2) is 26.8 Å². The summed E-state index contributed by atoms with van der Waals surface area (Å²) in [7, 11) is 0. The highest BCUT2D eigenvalue weighted by atomic mass is 35.5. The second kappa shape index (κ2) is 6.83. The Balaban J connectivity index is 1.63. The summed E-state index contributed by atoms with van der Waals surface area (Å²) in [6.07, 6.45) is 4.69. The number of furan rings is 1. The van der Waals surface area contributed by atoms with Gasteiger partial charge in [0.05, 0.1) is 6.26 Å². The van der Waals surface area contributed by atoms with Gasteiger partial charge in [0.1, 0.15) is 11.8 Å². The summed E-state index contributed by atoms with van der Waals surface area (Å²) in [6.45, 7) is 0. The summed E-state index contributed by atoms with van der Waals surface area (Å²) in [5, 5.41) is 9.29. The minimum Gasteiger partial charge on any atom is -0.469 e. The molecular formula is C20H17ClN4O2S. The third-order valence-electron chi connectivity index (χ3n) is 5.21. The molecule has 6 nitrogen and oxygen atoms in total. The fourth-order valence-corrected chi connectivity index (χ4v) is 4.43. The fourth-order valence-electron chi connectivity index (χ4n) is 3.96. The summed E-state index contributed by atoms with van der Waals surface area (Å²) < 4.78 is 7.37. The van der Waals surface area contributed by atoms with Crippen LogP contribution in [0.2, 0.25) is 5.02 Å². The number of rotatable bonds is 3. The van der Waals surface area contributed by atoms with Crippen molar-refractivity contribution in [3.63, 3.8) is 0 Å². The van der Waals surface area contributed by atoms with Crippen molar-refractivity contribution in [3.05, 3.63) is 70.3 Å². The van der Waals surface area contributed by atoms with Gasteiger partial charge in [-0.25, -0.2) is 4.68 Å². The lowest BCUT2D eigenvalue weighted by molar-refractivity contribution is -0.117. The molecule has 1 aromatic carbocycles. The van der Waals surface area contributed by atoms with Crippen LogP contribution in [0.15, 0.2) is 63.5 Å². The van der Waals surface area contributed by atoms with Gasteiger partial charge in [0.15, 0.2) is 5.78 Å². The molecule has 5 rings (SSSR count). The van der Waals surface area contributed by atoms with E-state index < -0.39 is 0 Å².